The number of methoxy groups -OCH3 is 1. The highest BCUT2D eigenvalue weighted by Gasteiger charge is 2.17. The molecule has 2 heterocycles. The molecular formula is C10H8N2O4S. The molecule has 0 aliphatic rings. The van der Waals surface area contributed by atoms with Gasteiger partial charge in [-0.3, -0.25) is 18.8 Å². The van der Waals surface area contributed by atoms with E-state index in [2.05, 4.69) is 9.72 Å². The summed E-state index contributed by atoms with van der Waals surface area (Å²) in [5.74, 6) is -1.26. The van der Waals surface area contributed by atoms with Crippen LogP contribution in [0.1, 0.15) is 16.8 Å². The number of rotatable bonds is 3. The molecular weight excluding hydrogens is 244 g/mol. The van der Waals surface area contributed by atoms with Crippen LogP contribution in [0.2, 0.25) is 0 Å². The van der Waals surface area contributed by atoms with Gasteiger partial charge in [-0.05, 0) is 0 Å². The Balaban J connectivity index is 2.42. The first kappa shape index (κ1) is 11.5. The third-order valence-electron chi connectivity index (χ3n) is 2.18. The Morgan fingerprint density at radius 3 is 3.00 bits per heavy atom. The highest BCUT2D eigenvalue weighted by Crippen LogP contribution is 2.06. The highest BCUT2D eigenvalue weighted by atomic mass is 32.1. The van der Waals surface area contributed by atoms with Gasteiger partial charge >= 0.3 is 5.97 Å². The first-order valence-corrected chi connectivity index (χ1v) is 5.56. The van der Waals surface area contributed by atoms with E-state index >= 15 is 0 Å². The van der Waals surface area contributed by atoms with E-state index in [4.69, 9.17) is 0 Å². The van der Waals surface area contributed by atoms with Crippen LogP contribution in [0.25, 0.3) is 4.96 Å². The first-order chi connectivity index (χ1) is 8.13. The van der Waals surface area contributed by atoms with E-state index in [1.807, 2.05) is 0 Å². The fourth-order valence-electron chi connectivity index (χ4n) is 1.31. The van der Waals surface area contributed by atoms with Gasteiger partial charge in [0.2, 0.25) is 0 Å². The number of ether oxygens (including phenoxy) is 1. The minimum Gasteiger partial charge on any atom is -0.469 e. The first-order valence-electron chi connectivity index (χ1n) is 4.68. The molecule has 88 valence electrons. The van der Waals surface area contributed by atoms with Crippen LogP contribution < -0.4 is 5.56 Å². The van der Waals surface area contributed by atoms with Crippen LogP contribution in [-0.2, 0) is 9.53 Å². The molecule has 2 aromatic rings. The lowest BCUT2D eigenvalue weighted by molar-refractivity contribution is -0.139. The quantitative estimate of drug-likeness (QED) is 0.451. The van der Waals surface area contributed by atoms with Crippen molar-refractivity contribution in [2.24, 2.45) is 0 Å². The van der Waals surface area contributed by atoms with Crippen molar-refractivity contribution in [1.29, 1.82) is 0 Å². The number of ketones is 1. The molecule has 0 bridgehead atoms. The number of Topliss-reactive ketones (excluding diaryl/α,β-unsaturated/α-hetero) is 1. The Hall–Kier alpha value is -2.02. The lowest BCUT2D eigenvalue weighted by Gasteiger charge is -1.99. The van der Waals surface area contributed by atoms with Crippen LogP contribution in [0.3, 0.4) is 0 Å². The van der Waals surface area contributed by atoms with Crippen molar-refractivity contribution in [1.82, 2.24) is 9.38 Å². The normalized spacial score (nSPS) is 10.4. The molecule has 0 amide bonds. The zero-order chi connectivity index (χ0) is 12.4. The molecule has 0 aliphatic heterocycles. The van der Waals surface area contributed by atoms with E-state index in [1.165, 1.54) is 35.2 Å². The molecule has 7 heteroatoms. The van der Waals surface area contributed by atoms with Crippen LogP contribution in [0.4, 0.5) is 0 Å². The maximum atomic E-state index is 11.9. The van der Waals surface area contributed by atoms with Gasteiger partial charge in [0.05, 0.1) is 7.11 Å². The van der Waals surface area contributed by atoms with Gasteiger partial charge in [0.25, 0.3) is 5.56 Å². The second-order valence-corrected chi connectivity index (χ2v) is 4.08. The number of hydrogen-bond donors (Lipinski definition) is 0. The Labute approximate surface area is 99.5 Å². The molecule has 0 aromatic carbocycles. The maximum absolute atomic E-state index is 11.9. The van der Waals surface area contributed by atoms with Gasteiger partial charge in [0.15, 0.2) is 10.7 Å². The molecule has 0 saturated carbocycles. The topological polar surface area (TPSA) is 77.7 Å². The molecule has 0 N–H and O–H groups in total. The molecule has 0 atom stereocenters. The SMILES string of the molecule is COC(=O)CC(=O)c1cnc2sccn2c1=O. The Bertz CT molecular complexity index is 643. The number of nitrogens with zero attached hydrogens (tertiary/aromatic N) is 2. The van der Waals surface area contributed by atoms with E-state index in [9.17, 15) is 14.4 Å². The summed E-state index contributed by atoms with van der Waals surface area (Å²) in [5, 5.41) is 1.69. The molecule has 2 aromatic heterocycles. The molecule has 0 aliphatic carbocycles. The molecule has 2 rings (SSSR count). The van der Waals surface area contributed by atoms with E-state index < -0.39 is 23.7 Å². The van der Waals surface area contributed by atoms with Crippen LogP contribution >= 0.6 is 11.3 Å². The van der Waals surface area contributed by atoms with Crippen LogP contribution in [-0.4, -0.2) is 28.2 Å². The number of fused-ring (bicyclic) bond motifs is 1. The number of hydrogen-bond acceptors (Lipinski definition) is 6. The number of carbonyl (C=O) groups is 2. The van der Waals surface area contributed by atoms with E-state index in [1.54, 1.807) is 5.38 Å². The van der Waals surface area contributed by atoms with Crippen molar-refractivity contribution < 1.29 is 14.3 Å². The number of aromatic nitrogens is 2. The fourth-order valence-corrected chi connectivity index (χ4v) is 1.99. The fraction of sp³-hybridized carbons (Fsp3) is 0.200. The van der Waals surface area contributed by atoms with Gasteiger partial charge < -0.3 is 4.74 Å². The summed E-state index contributed by atoms with van der Waals surface area (Å²) in [6.45, 7) is 0. The minimum atomic E-state index is -0.676. The minimum absolute atomic E-state index is 0.105. The summed E-state index contributed by atoms with van der Waals surface area (Å²) in [6, 6.07) is 0. The van der Waals surface area contributed by atoms with Gasteiger partial charge in [-0.25, -0.2) is 4.98 Å². The molecule has 0 spiro atoms. The molecule has 0 fully saturated rings. The number of esters is 1. The van der Waals surface area contributed by atoms with Gasteiger partial charge in [-0.15, -0.1) is 11.3 Å². The zero-order valence-electron chi connectivity index (χ0n) is 8.87. The average Bonchev–Trinajstić information content (AvgIpc) is 2.78. The van der Waals surface area contributed by atoms with Crippen molar-refractivity contribution >= 4 is 28.1 Å². The van der Waals surface area contributed by atoms with Gasteiger partial charge in [0.1, 0.15) is 12.0 Å². The summed E-state index contributed by atoms with van der Waals surface area (Å²) in [6.07, 6.45) is 2.27. The van der Waals surface area contributed by atoms with Crippen molar-refractivity contribution in [3.63, 3.8) is 0 Å². The average molecular weight is 252 g/mol. The second kappa shape index (κ2) is 4.46. The van der Waals surface area contributed by atoms with Crippen molar-refractivity contribution in [2.75, 3.05) is 7.11 Å². The van der Waals surface area contributed by atoms with Crippen molar-refractivity contribution in [3.05, 3.63) is 33.7 Å². The van der Waals surface area contributed by atoms with Crippen LogP contribution in [0.15, 0.2) is 22.6 Å². The smallest absolute Gasteiger partial charge is 0.313 e. The predicted octanol–water partition coefficient (Wildman–Crippen LogP) is 0.502. The number of thiazole rings is 1. The lowest BCUT2D eigenvalue weighted by Crippen LogP contribution is -2.23. The monoisotopic (exact) mass is 252 g/mol. The third kappa shape index (κ3) is 2.09. The van der Waals surface area contributed by atoms with E-state index in [0.717, 1.165) is 0 Å². The predicted molar refractivity (Wildman–Crippen MR) is 60.3 cm³/mol. The molecule has 0 saturated heterocycles. The number of carbonyl (C=O) groups excluding carboxylic acids is 2. The summed E-state index contributed by atoms with van der Waals surface area (Å²) in [5.41, 5.74) is -0.573. The zero-order valence-corrected chi connectivity index (χ0v) is 9.69. The van der Waals surface area contributed by atoms with Crippen LogP contribution in [0.5, 0.6) is 0 Å². The summed E-state index contributed by atoms with van der Waals surface area (Å²) in [4.78, 5) is 38.9. The largest absolute Gasteiger partial charge is 0.469 e. The summed E-state index contributed by atoms with van der Waals surface area (Å²) < 4.78 is 5.64. The summed E-state index contributed by atoms with van der Waals surface area (Å²) >= 11 is 1.29. The second-order valence-electron chi connectivity index (χ2n) is 3.21. The Morgan fingerprint density at radius 1 is 1.53 bits per heavy atom. The van der Waals surface area contributed by atoms with Gasteiger partial charge in [-0.1, -0.05) is 0 Å². The molecule has 6 nitrogen and oxygen atoms in total. The van der Waals surface area contributed by atoms with Crippen molar-refractivity contribution in [2.45, 2.75) is 6.42 Å². The standard InChI is InChI=1S/C10H8N2O4S/c1-16-8(14)4-7(13)6-5-11-10-12(9(6)15)2-3-17-10/h2-3,5H,4H2,1H3. The molecule has 0 radical (unpaired) electrons. The highest BCUT2D eigenvalue weighted by molar-refractivity contribution is 7.15. The lowest BCUT2D eigenvalue weighted by atomic mass is 10.1. The maximum Gasteiger partial charge on any atom is 0.313 e. The third-order valence-corrected chi connectivity index (χ3v) is 2.95. The Kier molecular flexibility index (Phi) is 3.01. The van der Waals surface area contributed by atoms with Crippen LogP contribution in [0, 0.1) is 0 Å². The molecule has 0 unspecified atom stereocenters. The molecule has 17 heavy (non-hydrogen) atoms. The van der Waals surface area contributed by atoms with E-state index in [-0.39, 0.29) is 5.56 Å². The Morgan fingerprint density at radius 2 is 2.29 bits per heavy atom. The van der Waals surface area contributed by atoms with Gasteiger partial charge in [0, 0.05) is 17.8 Å². The summed E-state index contributed by atoms with van der Waals surface area (Å²) in [7, 11) is 1.18. The van der Waals surface area contributed by atoms with Crippen molar-refractivity contribution in [3.8, 4) is 0 Å². The van der Waals surface area contributed by atoms with Gasteiger partial charge in [-0.2, -0.15) is 0 Å². The van der Waals surface area contributed by atoms with E-state index in [0.29, 0.717) is 4.96 Å².